The van der Waals surface area contributed by atoms with Gasteiger partial charge in [-0.15, -0.1) is 0 Å². The van der Waals surface area contributed by atoms with Crippen molar-refractivity contribution in [2.75, 3.05) is 0 Å². The van der Waals surface area contributed by atoms with E-state index in [-0.39, 0.29) is 11.5 Å². The Balaban J connectivity index is 2.76. The molecule has 2 rings (SSSR count). The molecule has 70 valence electrons. The fourth-order valence-electron chi connectivity index (χ4n) is 1.48. The average molecular weight is 186 g/mol. The molecule has 0 aliphatic carbocycles. The van der Waals surface area contributed by atoms with Crippen molar-refractivity contribution in [1.82, 2.24) is 0 Å². The summed E-state index contributed by atoms with van der Waals surface area (Å²) in [5, 5.41) is 11.2. The van der Waals surface area contributed by atoms with E-state index in [2.05, 4.69) is 0 Å². The highest BCUT2D eigenvalue weighted by Crippen LogP contribution is 2.25. The van der Waals surface area contributed by atoms with Crippen LogP contribution in [0.1, 0.15) is 17.3 Å². The second-order valence-corrected chi connectivity index (χ2v) is 3.27. The van der Waals surface area contributed by atoms with Gasteiger partial charge >= 0.3 is 0 Å². The van der Waals surface area contributed by atoms with Crippen LogP contribution in [0.4, 0.5) is 0 Å². The molecular formula is C12H10O2. The number of rotatable bonds is 1. The number of carbonyl (C=O) groups excluding carboxylic acids is 1. The molecule has 0 saturated carbocycles. The Morgan fingerprint density at radius 1 is 1.21 bits per heavy atom. The molecule has 2 aromatic carbocycles. The van der Waals surface area contributed by atoms with Gasteiger partial charge < -0.3 is 5.11 Å². The molecular weight excluding hydrogens is 176 g/mol. The first-order valence-electron chi connectivity index (χ1n) is 4.41. The molecule has 0 unspecified atom stereocenters. The minimum atomic E-state index is 0.00940. The van der Waals surface area contributed by atoms with Gasteiger partial charge in [-0.2, -0.15) is 0 Å². The van der Waals surface area contributed by atoms with Crippen molar-refractivity contribution in [3.8, 4) is 5.75 Å². The predicted octanol–water partition coefficient (Wildman–Crippen LogP) is 2.75. The van der Waals surface area contributed by atoms with Gasteiger partial charge in [-0.05, 0) is 24.4 Å². The summed E-state index contributed by atoms with van der Waals surface area (Å²) in [6.07, 6.45) is 0. The highest BCUT2D eigenvalue weighted by molar-refractivity contribution is 5.99. The van der Waals surface area contributed by atoms with Crippen molar-refractivity contribution < 1.29 is 9.90 Å². The number of hydrogen-bond acceptors (Lipinski definition) is 2. The van der Waals surface area contributed by atoms with Crippen LogP contribution >= 0.6 is 0 Å². The molecule has 14 heavy (non-hydrogen) atoms. The third-order valence-corrected chi connectivity index (χ3v) is 2.27. The number of fused-ring (bicyclic) bond motifs is 1. The summed E-state index contributed by atoms with van der Waals surface area (Å²) in [6, 6.07) is 10.6. The first-order chi connectivity index (χ1) is 6.68. The zero-order chi connectivity index (χ0) is 10.1. The highest BCUT2D eigenvalue weighted by Gasteiger charge is 2.03. The lowest BCUT2D eigenvalue weighted by Gasteiger charge is -2.02. The molecule has 0 spiro atoms. The van der Waals surface area contributed by atoms with Gasteiger partial charge in [-0.1, -0.05) is 24.3 Å². The third-order valence-electron chi connectivity index (χ3n) is 2.27. The summed E-state index contributed by atoms with van der Waals surface area (Å²) in [7, 11) is 0. The predicted molar refractivity (Wildman–Crippen MR) is 55.6 cm³/mol. The summed E-state index contributed by atoms with van der Waals surface area (Å²) in [5.41, 5.74) is 0.624. The van der Waals surface area contributed by atoms with Crippen LogP contribution in [-0.4, -0.2) is 10.9 Å². The van der Waals surface area contributed by atoms with Crippen molar-refractivity contribution in [3.63, 3.8) is 0 Å². The van der Waals surface area contributed by atoms with Gasteiger partial charge in [0.25, 0.3) is 0 Å². The molecule has 0 fully saturated rings. The molecule has 2 aromatic rings. The van der Waals surface area contributed by atoms with Gasteiger partial charge in [0.15, 0.2) is 5.78 Å². The van der Waals surface area contributed by atoms with Crippen LogP contribution in [0.15, 0.2) is 36.4 Å². The number of carbonyl (C=O) groups is 1. The smallest absolute Gasteiger partial charge is 0.159 e. The van der Waals surface area contributed by atoms with Gasteiger partial charge in [0, 0.05) is 10.9 Å². The summed E-state index contributed by atoms with van der Waals surface area (Å²) in [6.45, 7) is 1.52. The maximum atomic E-state index is 11.1. The van der Waals surface area contributed by atoms with Crippen molar-refractivity contribution >= 4 is 16.6 Å². The Morgan fingerprint density at radius 2 is 2.00 bits per heavy atom. The van der Waals surface area contributed by atoms with Crippen LogP contribution in [0, 0.1) is 0 Å². The lowest BCUT2D eigenvalue weighted by Crippen LogP contribution is -1.90. The van der Waals surface area contributed by atoms with Crippen LogP contribution in [0.2, 0.25) is 0 Å². The first-order valence-corrected chi connectivity index (χ1v) is 4.41. The molecule has 0 aliphatic rings. The van der Waals surface area contributed by atoms with E-state index in [1.54, 1.807) is 24.3 Å². The number of benzene rings is 2. The zero-order valence-electron chi connectivity index (χ0n) is 7.82. The molecule has 0 radical (unpaired) electrons. The highest BCUT2D eigenvalue weighted by atomic mass is 16.3. The molecule has 0 heterocycles. The Bertz CT molecular complexity index is 501. The van der Waals surface area contributed by atoms with E-state index in [1.165, 1.54) is 6.92 Å². The van der Waals surface area contributed by atoms with E-state index >= 15 is 0 Å². The number of hydrogen-bond donors (Lipinski definition) is 1. The monoisotopic (exact) mass is 186 g/mol. The standard InChI is InChI=1S/C12H10O2/c1-8(13)10-6-5-9-3-2-4-12(14)11(9)7-10/h2-7,14H,1H3. The van der Waals surface area contributed by atoms with Crippen LogP contribution in [0.3, 0.4) is 0 Å². The van der Waals surface area contributed by atoms with Gasteiger partial charge in [-0.25, -0.2) is 0 Å². The maximum Gasteiger partial charge on any atom is 0.159 e. The van der Waals surface area contributed by atoms with Crippen molar-refractivity contribution in [2.24, 2.45) is 0 Å². The van der Waals surface area contributed by atoms with Crippen LogP contribution in [-0.2, 0) is 0 Å². The Hall–Kier alpha value is -1.83. The second-order valence-electron chi connectivity index (χ2n) is 3.27. The Morgan fingerprint density at radius 3 is 2.71 bits per heavy atom. The van der Waals surface area contributed by atoms with Gasteiger partial charge in [0.2, 0.25) is 0 Å². The van der Waals surface area contributed by atoms with Crippen LogP contribution in [0.25, 0.3) is 10.8 Å². The molecule has 1 N–H and O–H groups in total. The number of aromatic hydroxyl groups is 1. The third kappa shape index (κ3) is 1.35. The van der Waals surface area contributed by atoms with E-state index < -0.39 is 0 Å². The van der Waals surface area contributed by atoms with Crippen molar-refractivity contribution in [2.45, 2.75) is 6.92 Å². The maximum absolute atomic E-state index is 11.1. The number of phenols is 1. The van der Waals surface area contributed by atoms with Crippen molar-refractivity contribution in [3.05, 3.63) is 42.0 Å². The fraction of sp³-hybridized carbons (Fsp3) is 0.0833. The minimum absolute atomic E-state index is 0.00940. The summed E-state index contributed by atoms with van der Waals surface area (Å²) in [4.78, 5) is 11.1. The largest absolute Gasteiger partial charge is 0.507 e. The Labute approximate surface area is 81.8 Å². The zero-order valence-corrected chi connectivity index (χ0v) is 7.82. The van der Waals surface area contributed by atoms with Gasteiger partial charge in [0.1, 0.15) is 5.75 Å². The molecule has 0 atom stereocenters. The molecule has 0 saturated heterocycles. The first kappa shape index (κ1) is 8.75. The number of phenolic OH excluding ortho intramolecular Hbond substituents is 1. The molecule has 2 nitrogen and oxygen atoms in total. The molecule has 2 heteroatoms. The lowest BCUT2D eigenvalue weighted by atomic mass is 10.0. The summed E-state index contributed by atoms with van der Waals surface area (Å²) >= 11 is 0. The van der Waals surface area contributed by atoms with E-state index in [1.807, 2.05) is 12.1 Å². The Kier molecular flexibility index (Phi) is 1.97. The number of ketones is 1. The molecule has 0 aliphatic heterocycles. The van der Waals surface area contributed by atoms with Gasteiger partial charge in [0.05, 0.1) is 0 Å². The minimum Gasteiger partial charge on any atom is -0.507 e. The quantitative estimate of drug-likeness (QED) is 0.695. The molecule has 0 aromatic heterocycles. The van der Waals surface area contributed by atoms with Crippen molar-refractivity contribution in [1.29, 1.82) is 0 Å². The van der Waals surface area contributed by atoms with E-state index in [9.17, 15) is 9.90 Å². The summed E-state index contributed by atoms with van der Waals surface area (Å²) in [5.74, 6) is 0.223. The molecule has 0 bridgehead atoms. The van der Waals surface area contributed by atoms with Crippen LogP contribution in [0.5, 0.6) is 5.75 Å². The normalized spacial score (nSPS) is 10.4. The average Bonchev–Trinajstić information content (AvgIpc) is 2.18. The summed E-state index contributed by atoms with van der Waals surface area (Å²) < 4.78 is 0. The van der Waals surface area contributed by atoms with E-state index in [4.69, 9.17) is 0 Å². The van der Waals surface area contributed by atoms with Gasteiger partial charge in [-0.3, -0.25) is 4.79 Å². The molecule has 0 amide bonds. The topological polar surface area (TPSA) is 37.3 Å². The number of Topliss-reactive ketones (excluding diaryl/α,β-unsaturated/α-hetero) is 1. The van der Waals surface area contributed by atoms with E-state index in [0.29, 0.717) is 5.56 Å². The fourth-order valence-corrected chi connectivity index (χ4v) is 1.48. The van der Waals surface area contributed by atoms with E-state index in [0.717, 1.165) is 10.8 Å². The van der Waals surface area contributed by atoms with Crippen LogP contribution < -0.4 is 0 Å². The SMILES string of the molecule is CC(=O)c1ccc2cccc(O)c2c1. The second kappa shape index (κ2) is 3.14. The lowest BCUT2D eigenvalue weighted by molar-refractivity contribution is 0.101.